The predicted octanol–water partition coefficient (Wildman–Crippen LogP) is 5.55. The molecule has 4 heterocycles. The molecule has 0 radical (unpaired) electrons. The van der Waals surface area contributed by atoms with Gasteiger partial charge in [-0.3, -0.25) is 9.59 Å². The number of aliphatic hydroxyl groups excluding tert-OH is 1. The van der Waals surface area contributed by atoms with Crippen molar-refractivity contribution in [1.82, 2.24) is 4.98 Å². The number of pyridine rings is 1. The number of ether oxygens (including phenoxy) is 2. The summed E-state index contributed by atoms with van der Waals surface area (Å²) in [6, 6.07) is 8.98. The molecular weight excluding hydrogens is 620 g/mol. The Kier molecular flexibility index (Phi) is 6.02. The van der Waals surface area contributed by atoms with Crippen molar-refractivity contribution in [3.8, 4) is 34.5 Å². The van der Waals surface area contributed by atoms with Crippen LogP contribution >= 0.6 is 0 Å². The number of aromatic nitrogens is 1. The Labute approximate surface area is 271 Å². The lowest BCUT2D eigenvalue weighted by Gasteiger charge is -2.43. The molecule has 2 aliphatic heterocycles. The number of aromatic amines is 1. The van der Waals surface area contributed by atoms with Crippen molar-refractivity contribution in [3.05, 3.63) is 74.0 Å². The monoisotopic (exact) mass is 652 g/mol. The number of benzene rings is 4. The number of H-pyrrole nitrogens is 1. The Morgan fingerprint density at radius 1 is 0.833 bits per heavy atom. The number of aromatic hydroxyl groups is 4. The van der Waals surface area contributed by atoms with Gasteiger partial charge in [-0.25, -0.2) is 0 Å². The van der Waals surface area contributed by atoms with E-state index in [0.29, 0.717) is 24.2 Å². The summed E-state index contributed by atoms with van der Waals surface area (Å²) in [7, 11) is 0. The van der Waals surface area contributed by atoms with Crippen LogP contribution < -0.4 is 25.6 Å². The number of fused-ring (bicyclic) bond motifs is 7. The Balaban J connectivity index is 1.39. The molecule has 2 aliphatic rings. The van der Waals surface area contributed by atoms with E-state index in [-0.39, 0.29) is 83.7 Å². The van der Waals surface area contributed by atoms with E-state index in [1.807, 2.05) is 13.8 Å². The highest BCUT2D eigenvalue weighted by Gasteiger charge is 2.45. The molecule has 0 amide bonds. The number of anilines is 1. The van der Waals surface area contributed by atoms with Gasteiger partial charge in [-0.2, -0.15) is 0 Å². The van der Waals surface area contributed by atoms with Gasteiger partial charge in [0.15, 0.2) is 11.3 Å². The predicted molar refractivity (Wildman–Crippen MR) is 179 cm³/mol. The zero-order chi connectivity index (χ0) is 34.0. The van der Waals surface area contributed by atoms with Gasteiger partial charge in [0.1, 0.15) is 57.0 Å². The lowest BCUT2D eigenvalue weighted by atomic mass is 9.84. The lowest BCUT2D eigenvalue weighted by molar-refractivity contribution is -0.0528. The van der Waals surface area contributed by atoms with Gasteiger partial charge >= 0.3 is 0 Å². The van der Waals surface area contributed by atoms with E-state index in [0.717, 1.165) is 0 Å². The number of nitrogens with one attached hydrogen (secondary N) is 2. The van der Waals surface area contributed by atoms with Gasteiger partial charge in [-0.05, 0) is 64.8 Å². The number of hydrogen-bond donors (Lipinski definition) is 7. The molecule has 0 aliphatic carbocycles. The summed E-state index contributed by atoms with van der Waals surface area (Å²) in [6.07, 6.45) is -0.227. The molecule has 12 heteroatoms. The van der Waals surface area contributed by atoms with Crippen LogP contribution in [0.4, 0.5) is 5.69 Å². The highest BCUT2D eigenvalue weighted by Crippen LogP contribution is 2.48. The highest BCUT2D eigenvalue weighted by molar-refractivity contribution is 6.03. The quantitative estimate of drug-likeness (QED) is 0.0915. The smallest absolute Gasteiger partial charge is 0.206 e. The van der Waals surface area contributed by atoms with Crippen LogP contribution in [0.5, 0.6) is 34.5 Å². The number of phenols is 4. The van der Waals surface area contributed by atoms with Gasteiger partial charge in [0.05, 0.1) is 33.2 Å². The van der Waals surface area contributed by atoms with Crippen molar-refractivity contribution in [3.63, 3.8) is 0 Å². The highest BCUT2D eigenvalue weighted by atomic mass is 16.5. The van der Waals surface area contributed by atoms with Crippen LogP contribution in [0.1, 0.15) is 51.3 Å². The minimum Gasteiger partial charge on any atom is -0.507 e. The molecule has 6 aromatic rings. The first-order valence-corrected chi connectivity index (χ1v) is 15.5. The first kappa shape index (κ1) is 29.8. The zero-order valence-corrected chi connectivity index (χ0v) is 26.4. The standard InChI is InChI=1S/C36H32N2O10/c1-35(2)11-10-14-20(47-35)13-21-26(30(14)42)32(44)23-16(8-9-18(40)33(23)46-21)37-29-25-22(48-36(3,4)34(29)45)12-19(41)24-28(25)38-27-15(31(24)43)6-5-7-17(27)39/h5-9,12-13,29,34,37,39-42,45H,10-11H2,1-4H3,(H,38,43). The fourth-order valence-electron chi connectivity index (χ4n) is 7.08. The Hall–Kier alpha value is -5.62. The molecule has 0 spiro atoms. The number of hydrogen-bond acceptors (Lipinski definition) is 11. The third kappa shape index (κ3) is 4.11. The van der Waals surface area contributed by atoms with E-state index < -0.39 is 34.2 Å². The minimum absolute atomic E-state index is 0.0252. The normalized spacial score (nSPS) is 19.5. The van der Waals surface area contributed by atoms with Crippen LogP contribution in [0.15, 0.2) is 56.5 Å². The molecule has 12 nitrogen and oxygen atoms in total. The SMILES string of the molecule is CC1(C)CCc2c(cc3oc4c(O)ccc(NC5c6c(cc(O)c7c(=O)c8cccc(O)c8[nH]c67)OC(C)(C)C5O)c4c(=O)c3c2O)O1. The molecule has 246 valence electrons. The van der Waals surface area contributed by atoms with Crippen LogP contribution in [-0.4, -0.2) is 47.8 Å². The molecule has 0 bridgehead atoms. The Morgan fingerprint density at radius 2 is 1.60 bits per heavy atom. The third-order valence-electron chi connectivity index (χ3n) is 9.59. The van der Waals surface area contributed by atoms with Gasteiger partial charge in [0, 0.05) is 28.9 Å². The first-order valence-electron chi connectivity index (χ1n) is 15.5. The summed E-state index contributed by atoms with van der Waals surface area (Å²) in [6.45, 7) is 7.14. The molecule has 0 saturated heterocycles. The van der Waals surface area contributed by atoms with E-state index in [1.165, 1.54) is 36.4 Å². The minimum atomic E-state index is -1.31. The average Bonchev–Trinajstić information content (AvgIpc) is 3.00. The third-order valence-corrected chi connectivity index (χ3v) is 9.59. The summed E-state index contributed by atoms with van der Waals surface area (Å²) >= 11 is 0. The molecular formula is C36H32N2O10. The maximum absolute atomic E-state index is 14.3. The number of aliphatic hydroxyl groups is 1. The summed E-state index contributed by atoms with van der Waals surface area (Å²) in [5, 5.41) is 58.8. The number of phenolic OH excluding ortho intramolecular Hbond substituents is 4. The van der Waals surface area contributed by atoms with Crippen molar-refractivity contribution >= 4 is 49.4 Å². The number of rotatable bonds is 2. The largest absolute Gasteiger partial charge is 0.507 e. The van der Waals surface area contributed by atoms with Crippen LogP contribution in [0.3, 0.4) is 0 Å². The second-order valence-electron chi connectivity index (χ2n) is 13.7. The molecule has 2 aromatic heterocycles. The van der Waals surface area contributed by atoms with E-state index in [9.17, 15) is 35.1 Å². The van der Waals surface area contributed by atoms with Crippen LogP contribution in [0, 0.1) is 0 Å². The van der Waals surface area contributed by atoms with Crippen molar-refractivity contribution in [2.45, 2.75) is 63.9 Å². The maximum atomic E-state index is 14.3. The van der Waals surface area contributed by atoms with Crippen molar-refractivity contribution < 1.29 is 39.4 Å². The van der Waals surface area contributed by atoms with Crippen molar-refractivity contribution in [1.29, 1.82) is 0 Å². The summed E-state index contributed by atoms with van der Waals surface area (Å²) in [4.78, 5) is 31.0. The van der Waals surface area contributed by atoms with E-state index in [2.05, 4.69) is 10.3 Å². The van der Waals surface area contributed by atoms with E-state index in [1.54, 1.807) is 19.9 Å². The van der Waals surface area contributed by atoms with Crippen LogP contribution in [-0.2, 0) is 6.42 Å². The fourth-order valence-corrected chi connectivity index (χ4v) is 7.08. The molecule has 8 rings (SSSR count). The first-order chi connectivity index (χ1) is 22.7. The molecule has 4 aromatic carbocycles. The van der Waals surface area contributed by atoms with Gasteiger partial charge in [-0.1, -0.05) is 6.07 Å². The van der Waals surface area contributed by atoms with Crippen LogP contribution in [0.2, 0.25) is 0 Å². The van der Waals surface area contributed by atoms with Gasteiger partial charge in [0.25, 0.3) is 0 Å². The fraction of sp³-hybridized carbons (Fsp3) is 0.278. The van der Waals surface area contributed by atoms with E-state index in [4.69, 9.17) is 13.9 Å². The number of para-hydroxylation sites is 1. The summed E-state index contributed by atoms with van der Waals surface area (Å²) < 4.78 is 18.3. The van der Waals surface area contributed by atoms with Gasteiger partial charge in [-0.15, -0.1) is 0 Å². The zero-order valence-electron chi connectivity index (χ0n) is 26.4. The van der Waals surface area contributed by atoms with Crippen molar-refractivity contribution in [2.75, 3.05) is 5.32 Å². The topological polar surface area (TPSA) is 195 Å². The molecule has 48 heavy (non-hydrogen) atoms. The average molecular weight is 653 g/mol. The molecule has 2 unspecified atom stereocenters. The molecule has 0 saturated carbocycles. The Morgan fingerprint density at radius 3 is 2.38 bits per heavy atom. The van der Waals surface area contributed by atoms with Gasteiger partial charge in [0.2, 0.25) is 10.9 Å². The van der Waals surface area contributed by atoms with Gasteiger partial charge < -0.3 is 49.7 Å². The van der Waals surface area contributed by atoms with E-state index >= 15 is 0 Å². The molecule has 2 atom stereocenters. The molecule has 7 N–H and O–H groups in total. The molecule has 0 fully saturated rings. The summed E-state index contributed by atoms with van der Waals surface area (Å²) in [5.41, 5.74) is -1.95. The lowest BCUT2D eigenvalue weighted by Crippen LogP contribution is -2.51. The van der Waals surface area contributed by atoms with Crippen LogP contribution in [0.25, 0.3) is 43.7 Å². The second kappa shape index (κ2) is 9.71. The van der Waals surface area contributed by atoms with Crippen molar-refractivity contribution in [2.24, 2.45) is 0 Å². The Bertz CT molecular complexity index is 2510. The maximum Gasteiger partial charge on any atom is 0.206 e. The second-order valence-corrected chi connectivity index (χ2v) is 13.7. The summed E-state index contributed by atoms with van der Waals surface area (Å²) in [5.74, 6) is -0.634.